The summed E-state index contributed by atoms with van der Waals surface area (Å²) < 4.78 is 0. The first-order valence-electron chi connectivity index (χ1n) is 8.78. The predicted octanol–water partition coefficient (Wildman–Crippen LogP) is 2.23. The summed E-state index contributed by atoms with van der Waals surface area (Å²) in [7, 11) is 0. The third kappa shape index (κ3) is 3.15. The van der Waals surface area contributed by atoms with Crippen molar-refractivity contribution in [1.29, 1.82) is 0 Å². The molecule has 3 rings (SSSR count). The minimum atomic E-state index is -1.19. The number of carbonyl (C=O) groups is 1. The molecule has 1 unspecified atom stereocenters. The Hall–Kier alpha value is -1.39. The van der Waals surface area contributed by atoms with Crippen molar-refractivity contribution in [1.82, 2.24) is 4.90 Å². The fourth-order valence-electron chi connectivity index (χ4n) is 4.20. The van der Waals surface area contributed by atoms with Crippen LogP contribution in [0.25, 0.3) is 0 Å². The Labute approximate surface area is 138 Å². The van der Waals surface area contributed by atoms with Gasteiger partial charge in [0.25, 0.3) is 5.91 Å². The van der Waals surface area contributed by atoms with Crippen molar-refractivity contribution in [2.75, 3.05) is 19.7 Å². The molecule has 2 N–H and O–H groups in total. The Morgan fingerprint density at radius 2 is 1.74 bits per heavy atom. The Kier molecular flexibility index (Phi) is 4.74. The lowest BCUT2D eigenvalue weighted by Gasteiger charge is -2.45. The highest BCUT2D eigenvalue weighted by molar-refractivity contribution is 5.85. The maximum atomic E-state index is 12.9. The molecule has 1 saturated carbocycles. The molecular formula is C19H27NO3. The lowest BCUT2D eigenvalue weighted by Crippen LogP contribution is -2.57. The predicted molar refractivity (Wildman–Crippen MR) is 89.1 cm³/mol. The highest BCUT2D eigenvalue weighted by Gasteiger charge is 2.44. The fourth-order valence-corrected chi connectivity index (χ4v) is 4.20. The van der Waals surface area contributed by atoms with Crippen molar-refractivity contribution < 1.29 is 15.0 Å². The molecule has 2 aliphatic rings. The molecule has 1 aromatic carbocycles. The molecule has 4 nitrogen and oxygen atoms in total. The Morgan fingerprint density at radius 3 is 2.39 bits per heavy atom. The second-order valence-corrected chi connectivity index (χ2v) is 7.23. The molecule has 0 aromatic heterocycles. The largest absolute Gasteiger partial charge is 0.395 e. The maximum Gasteiger partial charge on any atom is 0.254 e. The van der Waals surface area contributed by atoms with Crippen LogP contribution in [0.5, 0.6) is 0 Å². The molecule has 1 aliphatic heterocycles. The zero-order valence-corrected chi connectivity index (χ0v) is 13.7. The first kappa shape index (κ1) is 16.5. The van der Waals surface area contributed by atoms with E-state index < -0.39 is 11.0 Å². The number of piperidine rings is 1. The molecule has 23 heavy (non-hydrogen) atoms. The number of aliphatic hydroxyl groups is 2. The summed E-state index contributed by atoms with van der Waals surface area (Å²) in [6.45, 7) is 1.20. The molecule has 1 saturated heterocycles. The van der Waals surface area contributed by atoms with Crippen molar-refractivity contribution in [3.8, 4) is 0 Å². The summed E-state index contributed by atoms with van der Waals surface area (Å²) in [4.78, 5) is 14.7. The normalized spacial score (nSPS) is 27.7. The van der Waals surface area contributed by atoms with Crippen LogP contribution in [-0.2, 0) is 10.2 Å². The van der Waals surface area contributed by atoms with Crippen LogP contribution in [-0.4, -0.2) is 46.3 Å². The zero-order chi connectivity index (χ0) is 16.3. The second kappa shape index (κ2) is 6.62. The van der Waals surface area contributed by atoms with Crippen LogP contribution < -0.4 is 0 Å². The number of aliphatic hydroxyl groups excluding tert-OH is 1. The number of nitrogens with zero attached hydrogens (tertiary/aromatic N) is 1. The van der Waals surface area contributed by atoms with Gasteiger partial charge < -0.3 is 15.1 Å². The standard InChI is InChI=1S/C19H27NO3/c21-15-18(16-8-3-1-4-9-16)10-7-13-20(14-18)17(22)19(23)11-5-2-6-12-19/h1,3-4,8-9,21,23H,2,5-7,10-15H2. The van der Waals surface area contributed by atoms with Gasteiger partial charge in [-0.3, -0.25) is 4.79 Å². The molecule has 1 amide bonds. The van der Waals surface area contributed by atoms with Crippen LogP contribution in [0.4, 0.5) is 0 Å². The van der Waals surface area contributed by atoms with Crippen molar-refractivity contribution in [3.05, 3.63) is 35.9 Å². The molecule has 2 fully saturated rings. The molecule has 0 radical (unpaired) electrons. The number of benzene rings is 1. The topological polar surface area (TPSA) is 60.8 Å². The zero-order valence-electron chi connectivity index (χ0n) is 13.7. The smallest absolute Gasteiger partial charge is 0.254 e. The van der Waals surface area contributed by atoms with Crippen LogP contribution in [0.15, 0.2) is 30.3 Å². The molecule has 1 atom stereocenters. The number of hydrogen-bond donors (Lipinski definition) is 2. The van der Waals surface area contributed by atoms with E-state index in [1.165, 1.54) is 0 Å². The average Bonchev–Trinajstić information content (AvgIpc) is 2.62. The van der Waals surface area contributed by atoms with Gasteiger partial charge in [0, 0.05) is 18.5 Å². The summed E-state index contributed by atoms with van der Waals surface area (Å²) in [5.41, 5.74) is -0.510. The molecule has 1 aliphatic carbocycles. The van der Waals surface area contributed by atoms with E-state index in [1.807, 2.05) is 30.3 Å². The van der Waals surface area contributed by atoms with Crippen LogP contribution in [0.1, 0.15) is 50.5 Å². The number of amides is 1. The number of rotatable bonds is 3. The average molecular weight is 317 g/mol. The van der Waals surface area contributed by atoms with Gasteiger partial charge in [0.15, 0.2) is 0 Å². The fraction of sp³-hybridized carbons (Fsp3) is 0.632. The van der Waals surface area contributed by atoms with E-state index in [4.69, 9.17) is 0 Å². The van der Waals surface area contributed by atoms with Crippen LogP contribution in [0.2, 0.25) is 0 Å². The molecule has 0 spiro atoms. The quantitative estimate of drug-likeness (QED) is 0.899. The highest BCUT2D eigenvalue weighted by atomic mass is 16.3. The van der Waals surface area contributed by atoms with Gasteiger partial charge >= 0.3 is 0 Å². The van der Waals surface area contributed by atoms with E-state index in [1.54, 1.807) is 4.90 Å². The summed E-state index contributed by atoms with van der Waals surface area (Å²) >= 11 is 0. The van der Waals surface area contributed by atoms with Gasteiger partial charge in [0.05, 0.1) is 6.61 Å². The molecule has 4 heteroatoms. The minimum absolute atomic E-state index is 0.0270. The van der Waals surface area contributed by atoms with Crippen LogP contribution in [0.3, 0.4) is 0 Å². The van der Waals surface area contributed by atoms with Crippen LogP contribution >= 0.6 is 0 Å². The molecule has 126 valence electrons. The molecule has 0 bridgehead atoms. The van der Waals surface area contributed by atoms with E-state index >= 15 is 0 Å². The summed E-state index contributed by atoms with van der Waals surface area (Å²) in [5.74, 6) is -0.134. The summed E-state index contributed by atoms with van der Waals surface area (Å²) in [5, 5.41) is 20.8. The van der Waals surface area contributed by atoms with Gasteiger partial charge in [-0.25, -0.2) is 0 Å². The van der Waals surface area contributed by atoms with Gasteiger partial charge in [-0.1, -0.05) is 49.6 Å². The second-order valence-electron chi connectivity index (χ2n) is 7.23. The highest BCUT2D eigenvalue weighted by Crippen LogP contribution is 2.36. The maximum absolute atomic E-state index is 12.9. The Bertz CT molecular complexity index is 539. The third-order valence-corrected chi connectivity index (χ3v) is 5.63. The monoisotopic (exact) mass is 317 g/mol. The van der Waals surface area contributed by atoms with Gasteiger partial charge in [-0.05, 0) is 31.2 Å². The molecule has 1 aromatic rings. The van der Waals surface area contributed by atoms with E-state index in [0.717, 1.165) is 37.7 Å². The van der Waals surface area contributed by atoms with Gasteiger partial charge in [0.1, 0.15) is 5.60 Å². The SMILES string of the molecule is O=C(N1CCCC(CO)(c2ccccc2)C1)C1(O)CCCCC1. The first-order chi connectivity index (χ1) is 11.1. The van der Waals surface area contributed by atoms with Gasteiger partial charge in [-0.2, -0.15) is 0 Å². The minimum Gasteiger partial charge on any atom is -0.395 e. The van der Waals surface area contributed by atoms with E-state index in [9.17, 15) is 15.0 Å². The molecular weight excluding hydrogens is 290 g/mol. The van der Waals surface area contributed by atoms with E-state index in [-0.39, 0.29) is 12.5 Å². The van der Waals surface area contributed by atoms with Crippen molar-refractivity contribution in [2.45, 2.75) is 56.0 Å². The van der Waals surface area contributed by atoms with Gasteiger partial charge in [0.2, 0.25) is 0 Å². The van der Waals surface area contributed by atoms with Crippen molar-refractivity contribution in [2.24, 2.45) is 0 Å². The Morgan fingerprint density at radius 1 is 1.04 bits per heavy atom. The Balaban J connectivity index is 1.81. The lowest BCUT2D eigenvalue weighted by atomic mass is 9.74. The van der Waals surface area contributed by atoms with E-state index in [2.05, 4.69) is 0 Å². The number of hydrogen-bond acceptors (Lipinski definition) is 3. The van der Waals surface area contributed by atoms with Crippen molar-refractivity contribution >= 4 is 5.91 Å². The number of likely N-dealkylation sites (tertiary alicyclic amines) is 1. The first-order valence-corrected chi connectivity index (χ1v) is 8.78. The lowest BCUT2D eigenvalue weighted by molar-refractivity contribution is -0.157. The summed E-state index contributed by atoms with van der Waals surface area (Å²) in [6.07, 6.45) is 5.80. The van der Waals surface area contributed by atoms with E-state index in [0.29, 0.717) is 25.9 Å². The molecule has 1 heterocycles. The summed E-state index contributed by atoms with van der Waals surface area (Å²) in [6, 6.07) is 9.97. The van der Waals surface area contributed by atoms with Crippen LogP contribution in [0, 0.1) is 0 Å². The third-order valence-electron chi connectivity index (χ3n) is 5.63. The van der Waals surface area contributed by atoms with Crippen molar-refractivity contribution in [3.63, 3.8) is 0 Å². The number of carbonyl (C=O) groups excluding carboxylic acids is 1. The van der Waals surface area contributed by atoms with Gasteiger partial charge in [-0.15, -0.1) is 0 Å².